The van der Waals surface area contributed by atoms with Crippen LogP contribution in [0.4, 0.5) is 4.79 Å². The predicted molar refractivity (Wildman–Crippen MR) is 84.6 cm³/mol. The normalized spacial score (nSPS) is 19.1. The van der Waals surface area contributed by atoms with Crippen LogP contribution >= 0.6 is 11.3 Å². The first kappa shape index (κ1) is 14.9. The Bertz CT molecular complexity index is 529. The second kappa shape index (κ2) is 5.61. The maximum Gasteiger partial charge on any atom is 0.410 e. The Hall–Kier alpha value is -1.07. The number of hydrogen-bond acceptors (Lipinski definition) is 4. The Morgan fingerprint density at radius 1 is 1.33 bits per heavy atom. The molecule has 0 aliphatic carbocycles. The van der Waals surface area contributed by atoms with Crippen LogP contribution in [0, 0.1) is 0 Å². The summed E-state index contributed by atoms with van der Waals surface area (Å²) in [5.74, 6) is 0. The van der Waals surface area contributed by atoms with Gasteiger partial charge in [-0.25, -0.2) is 4.79 Å². The average Bonchev–Trinajstić information content (AvgIpc) is 2.73. The van der Waals surface area contributed by atoms with E-state index >= 15 is 0 Å². The molecular formula is C16H24N2O2S. The molecule has 0 atom stereocenters. The molecular weight excluding hydrogens is 284 g/mol. The molecule has 4 nitrogen and oxygen atoms in total. The first-order chi connectivity index (χ1) is 9.90. The maximum absolute atomic E-state index is 12.2. The van der Waals surface area contributed by atoms with Gasteiger partial charge in [0.25, 0.3) is 0 Å². The van der Waals surface area contributed by atoms with Gasteiger partial charge in [-0.3, -0.25) is 4.90 Å². The quantitative estimate of drug-likeness (QED) is 0.841. The van der Waals surface area contributed by atoms with E-state index in [9.17, 15) is 4.79 Å². The van der Waals surface area contributed by atoms with Gasteiger partial charge in [-0.2, -0.15) is 0 Å². The van der Waals surface area contributed by atoms with Crippen molar-refractivity contribution in [2.75, 3.05) is 19.6 Å². The number of likely N-dealkylation sites (tertiary alicyclic amines) is 1. The number of amides is 1. The summed E-state index contributed by atoms with van der Waals surface area (Å²) in [6.45, 7) is 10.7. The van der Waals surface area contributed by atoms with E-state index < -0.39 is 5.60 Å². The van der Waals surface area contributed by atoms with Crippen molar-refractivity contribution in [3.63, 3.8) is 0 Å². The summed E-state index contributed by atoms with van der Waals surface area (Å²) in [5, 5.41) is 0. The second-order valence-corrected chi connectivity index (χ2v) is 8.16. The molecule has 0 saturated carbocycles. The number of hydrogen-bond donors (Lipinski definition) is 0. The second-order valence-electron chi connectivity index (χ2n) is 6.94. The Morgan fingerprint density at radius 2 is 2.10 bits per heavy atom. The van der Waals surface area contributed by atoms with Gasteiger partial charge in [0, 0.05) is 22.8 Å². The lowest BCUT2D eigenvalue weighted by atomic mass is 10.1. The minimum Gasteiger partial charge on any atom is -0.444 e. The SMILES string of the molecule is CC(C)(C)OC(=O)N1CCc2sc(CN3CCC3)cc2C1. The summed E-state index contributed by atoms with van der Waals surface area (Å²) < 4.78 is 5.47. The molecule has 0 N–H and O–H groups in total. The lowest BCUT2D eigenvalue weighted by molar-refractivity contribution is 0.0225. The van der Waals surface area contributed by atoms with Crippen molar-refractivity contribution in [3.8, 4) is 0 Å². The predicted octanol–water partition coefficient (Wildman–Crippen LogP) is 3.25. The number of thiophene rings is 1. The molecule has 21 heavy (non-hydrogen) atoms. The molecule has 0 spiro atoms. The van der Waals surface area contributed by atoms with E-state index in [0.29, 0.717) is 6.54 Å². The van der Waals surface area contributed by atoms with Crippen LogP contribution in [-0.2, 0) is 24.2 Å². The first-order valence-corrected chi connectivity index (χ1v) is 8.53. The van der Waals surface area contributed by atoms with Crippen molar-refractivity contribution in [1.29, 1.82) is 0 Å². The fourth-order valence-electron chi connectivity index (χ4n) is 2.72. The van der Waals surface area contributed by atoms with E-state index in [1.165, 1.54) is 34.8 Å². The largest absolute Gasteiger partial charge is 0.444 e. The topological polar surface area (TPSA) is 32.8 Å². The van der Waals surface area contributed by atoms with Crippen molar-refractivity contribution < 1.29 is 9.53 Å². The molecule has 2 aliphatic rings. The van der Waals surface area contributed by atoms with E-state index in [4.69, 9.17) is 4.74 Å². The maximum atomic E-state index is 12.2. The molecule has 116 valence electrons. The number of rotatable bonds is 2. The van der Waals surface area contributed by atoms with Crippen LogP contribution < -0.4 is 0 Å². The summed E-state index contributed by atoms with van der Waals surface area (Å²) in [6.07, 6.45) is 2.10. The zero-order chi connectivity index (χ0) is 15.0. The monoisotopic (exact) mass is 308 g/mol. The molecule has 1 fully saturated rings. The van der Waals surface area contributed by atoms with Gasteiger partial charge in [-0.15, -0.1) is 11.3 Å². The fraction of sp³-hybridized carbons (Fsp3) is 0.688. The number of fused-ring (bicyclic) bond motifs is 1. The van der Waals surface area contributed by atoms with Gasteiger partial charge in [0.05, 0.1) is 6.54 Å². The highest BCUT2D eigenvalue weighted by Crippen LogP contribution is 2.30. The number of nitrogens with zero attached hydrogens (tertiary/aromatic N) is 2. The molecule has 0 radical (unpaired) electrons. The number of ether oxygens (including phenoxy) is 1. The van der Waals surface area contributed by atoms with E-state index in [1.807, 2.05) is 37.0 Å². The zero-order valence-corrected chi connectivity index (χ0v) is 14.0. The summed E-state index contributed by atoms with van der Waals surface area (Å²) in [7, 11) is 0. The highest BCUT2D eigenvalue weighted by molar-refractivity contribution is 7.12. The van der Waals surface area contributed by atoms with Crippen LogP contribution in [0.1, 0.15) is 42.5 Å². The Labute approximate surface area is 130 Å². The van der Waals surface area contributed by atoms with Gasteiger partial charge in [-0.05, 0) is 58.3 Å². The minimum atomic E-state index is -0.422. The summed E-state index contributed by atoms with van der Waals surface area (Å²) >= 11 is 1.92. The standard InChI is InChI=1S/C16H24N2O2S/c1-16(2,3)20-15(19)18-8-5-14-12(10-18)9-13(21-14)11-17-6-4-7-17/h9H,4-8,10-11H2,1-3H3. The van der Waals surface area contributed by atoms with Crippen LogP contribution in [0.25, 0.3) is 0 Å². The molecule has 1 saturated heterocycles. The third-order valence-electron chi connectivity index (χ3n) is 3.90. The van der Waals surface area contributed by atoms with Crippen LogP contribution in [0.15, 0.2) is 6.07 Å². The van der Waals surface area contributed by atoms with Gasteiger partial charge >= 0.3 is 6.09 Å². The van der Waals surface area contributed by atoms with Gasteiger partial charge in [0.15, 0.2) is 0 Å². The van der Waals surface area contributed by atoms with Gasteiger partial charge in [0.2, 0.25) is 0 Å². The van der Waals surface area contributed by atoms with Crippen molar-refractivity contribution >= 4 is 17.4 Å². The minimum absolute atomic E-state index is 0.191. The molecule has 0 bridgehead atoms. The van der Waals surface area contributed by atoms with Gasteiger partial charge < -0.3 is 9.64 Å². The van der Waals surface area contributed by atoms with Crippen molar-refractivity contribution in [1.82, 2.24) is 9.80 Å². The molecule has 1 amide bonds. The Balaban J connectivity index is 1.63. The molecule has 3 rings (SSSR count). The Kier molecular flexibility index (Phi) is 3.97. The van der Waals surface area contributed by atoms with Crippen molar-refractivity contribution in [2.45, 2.75) is 52.3 Å². The highest BCUT2D eigenvalue weighted by atomic mass is 32.1. The van der Waals surface area contributed by atoms with Crippen LogP contribution in [0.5, 0.6) is 0 Å². The van der Waals surface area contributed by atoms with E-state index in [-0.39, 0.29) is 6.09 Å². The van der Waals surface area contributed by atoms with E-state index in [0.717, 1.165) is 19.5 Å². The lowest BCUT2D eigenvalue weighted by Gasteiger charge is -2.30. The first-order valence-electron chi connectivity index (χ1n) is 7.71. The summed E-state index contributed by atoms with van der Waals surface area (Å²) in [6, 6.07) is 2.29. The molecule has 0 unspecified atom stereocenters. The van der Waals surface area contributed by atoms with E-state index in [2.05, 4.69) is 11.0 Å². The third-order valence-corrected chi connectivity index (χ3v) is 5.12. The van der Waals surface area contributed by atoms with Gasteiger partial charge in [0.1, 0.15) is 5.60 Å². The summed E-state index contributed by atoms with van der Waals surface area (Å²) in [5.41, 5.74) is 0.891. The van der Waals surface area contributed by atoms with Crippen molar-refractivity contribution in [3.05, 3.63) is 21.4 Å². The highest BCUT2D eigenvalue weighted by Gasteiger charge is 2.27. The molecule has 3 heterocycles. The molecule has 2 aliphatic heterocycles. The van der Waals surface area contributed by atoms with Gasteiger partial charge in [-0.1, -0.05) is 0 Å². The number of carbonyl (C=O) groups excluding carboxylic acids is 1. The van der Waals surface area contributed by atoms with E-state index in [1.54, 1.807) is 0 Å². The average molecular weight is 308 g/mol. The third kappa shape index (κ3) is 3.58. The molecule has 5 heteroatoms. The molecule has 1 aromatic rings. The van der Waals surface area contributed by atoms with Crippen LogP contribution in [0.3, 0.4) is 0 Å². The zero-order valence-electron chi connectivity index (χ0n) is 13.1. The molecule has 1 aromatic heterocycles. The van der Waals surface area contributed by atoms with Crippen LogP contribution in [-0.4, -0.2) is 41.1 Å². The Morgan fingerprint density at radius 3 is 2.71 bits per heavy atom. The smallest absolute Gasteiger partial charge is 0.410 e. The lowest BCUT2D eigenvalue weighted by Crippen LogP contribution is -2.39. The number of carbonyl (C=O) groups is 1. The fourth-order valence-corrected chi connectivity index (χ4v) is 3.93. The van der Waals surface area contributed by atoms with Crippen LogP contribution in [0.2, 0.25) is 0 Å². The summed E-state index contributed by atoms with van der Waals surface area (Å²) in [4.78, 5) is 19.3. The molecule has 0 aromatic carbocycles. The van der Waals surface area contributed by atoms with Crippen molar-refractivity contribution in [2.24, 2.45) is 0 Å².